The normalized spacial score (nSPS) is 22.3. The lowest BCUT2D eigenvalue weighted by Gasteiger charge is -2.49. The Bertz CT molecular complexity index is 2080. The van der Waals surface area contributed by atoms with Crippen molar-refractivity contribution < 1.29 is 31.6 Å². The Labute approximate surface area is 484 Å². The van der Waals surface area contributed by atoms with Crippen LogP contribution in [-0.4, -0.2) is 85.5 Å². The van der Waals surface area contributed by atoms with Gasteiger partial charge in [-0.3, -0.25) is 0 Å². The van der Waals surface area contributed by atoms with Crippen LogP contribution in [0.15, 0.2) is 103 Å². The standard InChI is InChI=1S/C25H56O4Si3.C19H40O3Si2.C18H15P.BrH/c1-19-20(28-31(13,14)24(5,6)7)17-22(29-32(15,16)25(8,9)10)27-21(19)18-26-30(11,12)23(2,3)4;1-15-16(22-24(10,11)19(5,6)7)12-13-20-17(15)14-21-23(8,9)18(2,3)4;1-4-10-16(11-5-1)19(17-12-6-2-7-13-17)18-14-8-3-9-15-18;/h19-22H,17-18H2,1-16H3;12-13,15-17H,14H2,1-11H3;1-15H;1H. The van der Waals surface area contributed by atoms with E-state index in [1.165, 1.54) is 15.9 Å². The molecular weight excluding hydrogens is 1110 g/mol. The molecular formula is C62H112BrO7PSi5. The van der Waals surface area contributed by atoms with E-state index in [0.717, 1.165) is 6.42 Å². The molecule has 1 saturated heterocycles. The van der Waals surface area contributed by atoms with Crippen LogP contribution in [0.1, 0.15) is 124 Å². The molecule has 1 fully saturated rings. The van der Waals surface area contributed by atoms with Crippen molar-refractivity contribution in [2.24, 2.45) is 11.8 Å². The Kier molecular flexibility index (Phi) is 26.0. The van der Waals surface area contributed by atoms with Crippen molar-refractivity contribution in [3.05, 3.63) is 103 Å². The van der Waals surface area contributed by atoms with Gasteiger partial charge in [0.05, 0.1) is 37.8 Å². The van der Waals surface area contributed by atoms with Gasteiger partial charge in [0, 0.05) is 18.3 Å². The third kappa shape index (κ3) is 20.1. The SMILES string of the molecule is Br.CC1C(CO[Si](C)(C)C(C)(C)C)OC(O[Si](C)(C)C(C)(C)C)CC1O[Si](C)(C)C(C)(C)C.CC1C(O[Si](C)(C)C(C)(C)C)C=COC1CO[Si](C)(C)C(C)(C)C.c1ccc(P(c2ccccc2)c2ccccc2)cc1. The zero-order valence-electron chi connectivity index (χ0n) is 53.2. The van der Waals surface area contributed by atoms with Gasteiger partial charge >= 0.3 is 0 Å². The van der Waals surface area contributed by atoms with Gasteiger partial charge in [0.1, 0.15) is 6.10 Å². The summed E-state index contributed by atoms with van der Waals surface area (Å²) in [6, 6.07) is 32.3. The van der Waals surface area contributed by atoms with E-state index in [1.54, 1.807) is 0 Å². The molecule has 76 heavy (non-hydrogen) atoms. The fourth-order valence-corrected chi connectivity index (χ4v) is 15.5. The molecule has 0 amide bonds. The second-order valence-electron chi connectivity index (χ2n) is 29.2. The van der Waals surface area contributed by atoms with Gasteiger partial charge in [-0.25, -0.2) is 0 Å². The second kappa shape index (κ2) is 27.8. The second-order valence-corrected chi connectivity index (χ2v) is 55.3. The summed E-state index contributed by atoms with van der Waals surface area (Å²) in [5, 5.41) is 5.12. The quantitative estimate of drug-likeness (QED) is 0.111. The van der Waals surface area contributed by atoms with Gasteiger partial charge in [-0.05, 0) is 121 Å². The summed E-state index contributed by atoms with van der Waals surface area (Å²) in [6.07, 6.45) is 4.78. The zero-order valence-corrected chi connectivity index (χ0v) is 60.8. The molecule has 0 bridgehead atoms. The predicted octanol–water partition coefficient (Wildman–Crippen LogP) is 18.1. The average Bonchev–Trinajstić information content (AvgIpc) is 3.27. The van der Waals surface area contributed by atoms with E-state index >= 15 is 0 Å². The predicted molar refractivity (Wildman–Crippen MR) is 350 cm³/mol. The first-order valence-corrected chi connectivity index (χ1v) is 44.1. The van der Waals surface area contributed by atoms with E-state index in [2.05, 4.69) is 280 Å². The molecule has 2 aliphatic heterocycles. The maximum Gasteiger partial charge on any atom is 0.195 e. The third-order valence-electron chi connectivity index (χ3n) is 18.1. The van der Waals surface area contributed by atoms with Gasteiger partial charge in [0.25, 0.3) is 0 Å². The molecule has 5 rings (SSSR count). The summed E-state index contributed by atoms with van der Waals surface area (Å²) in [4.78, 5) is 0. The van der Waals surface area contributed by atoms with Crippen molar-refractivity contribution in [2.45, 2.75) is 245 Å². The lowest BCUT2D eigenvalue weighted by Crippen LogP contribution is -2.56. The first-order valence-electron chi connectivity index (χ1n) is 28.2. The number of rotatable bonds is 15. The topological polar surface area (TPSA) is 64.6 Å². The minimum absolute atomic E-state index is 0. The maximum atomic E-state index is 6.97. The Morgan fingerprint density at radius 3 is 1.13 bits per heavy atom. The molecule has 0 aliphatic carbocycles. The molecule has 0 aromatic heterocycles. The van der Waals surface area contributed by atoms with Gasteiger partial charge in [-0.15, -0.1) is 17.0 Å². The highest BCUT2D eigenvalue weighted by Gasteiger charge is 2.49. The summed E-state index contributed by atoms with van der Waals surface area (Å²) in [5.41, 5.74) is 0. The zero-order chi connectivity index (χ0) is 57.4. The fraction of sp³-hybridized carbons (Fsp3) is 0.677. The van der Waals surface area contributed by atoms with Crippen LogP contribution in [0.4, 0.5) is 0 Å². The Morgan fingerprint density at radius 2 is 0.776 bits per heavy atom. The van der Waals surface area contributed by atoms with Crippen LogP contribution in [0, 0.1) is 11.8 Å². The number of hydrogen-bond acceptors (Lipinski definition) is 7. The third-order valence-corrected chi connectivity index (χ3v) is 43.0. The van der Waals surface area contributed by atoms with Crippen LogP contribution in [-0.2, 0) is 31.6 Å². The van der Waals surface area contributed by atoms with Gasteiger partial charge in [0.2, 0.25) is 0 Å². The van der Waals surface area contributed by atoms with Crippen molar-refractivity contribution in [2.75, 3.05) is 13.2 Å². The summed E-state index contributed by atoms with van der Waals surface area (Å²) >= 11 is 0. The van der Waals surface area contributed by atoms with Crippen LogP contribution in [0.2, 0.25) is 90.7 Å². The average molecular weight is 1220 g/mol. The highest BCUT2D eigenvalue weighted by atomic mass is 79.9. The maximum absolute atomic E-state index is 6.97. The van der Waals surface area contributed by atoms with Gasteiger partial charge < -0.3 is 31.6 Å². The number of ether oxygens (including phenoxy) is 2. The summed E-state index contributed by atoms with van der Waals surface area (Å²) in [7, 11) is -9.72. The molecule has 0 N–H and O–H groups in total. The van der Waals surface area contributed by atoms with Crippen molar-refractivity contribution in [1.29, 1.82) is 0 Å². The molecule has 7 unspecified atom stereocenters. The lowest BCUT2D eigenvalue weighted by atomic mass is 9.93. The van der Waals surface area contributed by atoms with E-state index in [4.69, 9.17) is 31.6 Å². The lowest BCUT2D eigenvalue weighted by molar-refractivity contribution is -0.208. The van der Waals surface area contributed by atoms with Crippen molar-refractivity contribution in [1.82, 2.24) is 0 Å². The molecule has 0 spiro atoms. The molecule has 0 radical (unpaired) electrons. The molecule has 3 aromatic rings. The van der Waals surface area contributed by atoms with Gasteiger partial charge in [-0.1, -0.05) is 209 Å². The van der Waals surface area contributed by atoms with Crippen molar-refractivity contribution >= 4 is 82.4 Å². The first-order chi connectivity index (χ1) is 33.9. The minimum Gasteiger partial charge on any atom is -0.496 e. The highest BCUT2D eigenvalue weighted by Crippen LogP contribution is 2.45. The number of halogens is 1. The van der Waals surface area contributed by atoms with Gasteiger partial charge in [-0.2, -0.15) is 0 Å². The Balaban J connectivity index is 0.000000400. The minimum atomic E-state index is -1.96. The van der Waals surface area contributed by atoms with E-state index in [9.17, 15) is 0 Å². The largest absolute Gasteiger partial charge is 0.496 e. The van der Waals surface area contributed by atoms with Crippen molar-refractivity contribution in [3.63, 3.8) is 0 Å². The summed E-state index contributed by atoms with van der Waals surface area (Å²) in [5.74, 6) is 0.571. The van der Waals surface area contributed by atoms with E-state index in [-0.39, 0.29) is 78.8 Å². The molecule has 2 heterocycles. The highest BCUT2D eigenvalue weighted by molar-refractivity contribution is 8.93. The smallest absolute Gasteiger partial charge is 0.195 e. The van der Waals surface area contributed by atoms with E-state index in [0.29, 0.717) is 19.1 Å². The molecule has 7 atom stereocenters. The van der Waals surface area contributed by atoms with E-state index < -0.39 is 49.5 Å². The summed E-state index contributed by atoms with van der Waals surface area (Å²) < 4.78 is 45.8. The molecule has 434 valence electrons. The van der Waals surface area contributed by atoms with Crippen LogP contribution >= 0.6 is 24.9 Å². The Hall–Kier alpha value is -1.05. The molecule has 7 nitrogen and oxygen atoms in total. The molecule has 2 aliphatic rings. The Morgan fingerprint density at radius 1 is 0.447 bits per heavy atom. The summed E-state index contributed by atoms with van der Waals surface area (Å²) in [6.45, 7) is 63.2. The van der Waals surface area contributed by atoms with Crippen LogP contribution in [0.3, 0.4) is 0 Å². The molecule has 14 heteroatoms. The fourth-order valence-electron chi connectivity index (χ4n) is 7.28. The van der Waals surface area contributed by atoms with Gasteiger partial charge in [0.15, 0.2) is 47.9 Å². The monoisotopic (exact) mass is 1220 g/mol. The van der Waals surface area contributed by atoms with E-state index in [1.807, 2.05) is 6.26 Å². The van der Waals surface area contributed by atoms with Crippen molar-refractivity contribution in [3.8, 4) is 0 Å². The number of benzene rings is 3. The van der Waals surface area contributed by atoms with Crippen LogP contribution in [0.25, 0.3) is 0 Å². The van der Waals surface area contributed by atoms with Crippen LogP contribution in [0.5, 0.6) is 0 Å². The first kappa shape index (κ1) is 71.1. The molecule has 0 saturated carbocycles. The van der Waals surface area contributed by atoms with Crippen LogP contribution < -0.4 is 15.9 Å². The number of hydrogen-bond donors (Lipinski definition) is 0. The molecule has 3 aromatic carbocycles.